The monoisotopic (exact) mass is 331 g/mol. The van der Waals surface area contributed by atoms with Crippen molar-refractivity contribution in [1.82, 2.24) is 4.90 Å². The van der Waals surface area contributed by atoms with Crippen LogP contribution in [0, 0.1) is 5.92 Å². The molecule has 0 aromatic carbocycles. The van der Waals surface area contributed by atoms with Crippen molar-refractivity contribution in [3.63, 3.8) is 0 Å². The van der Waals surface area contributed by atoms with Crippen LogP contribution in [0.1, 0.15) is 29.9 Å². The van der Waals surface area contributed by atoms with Gasteiger partial charge in [-0.25, -0.2) is 0 Å². The summed E-state index contributed by atoms with van der Waals surface area (Å²) in [5.74, 6) is 0.00387. The van der Waals surface area contributed by atoms with Crippen LogP contribution in [0.2, 0.25) is 0 Å². The van der Waals surface area contributed by atoms with E-state index in [4.69, 9.17) is 4.42 Å². The summed E-state index contributed by atoms with van der Waals surface area (Å²) in [4.78, 5) is 14.6. The maximum Gasteiger partial charge on any atom is 0.307 e. The SMILES string of the molecule is O=C(O)C1CCCN(CC/C=C(/c2ccco2)c2cccs2)C1. The summed E-state index contributed by atoms with van der Waals surface area (Å²) >= 11 is 1.70. The standard InChI is InChI=1S/C18H21NO3S/c20-18(21)14-5-1-9-19(13-14)10-2-6-15(16-7-3-11-22-16)17-8-4-12-23-17/h3-4,6-8,11-12,14H,1-2,5,9-10,13H2,(H,20,21)/b15-6-. The molecule has 4 nitrogen and oxygen atoms in total. The van der Waals surface area contributed by atoms with Crippen molar-refractivity contribution in [3.05, 3.63) is 52.6 Å². The van der Waals surface area contributed by atoms with Gasteiger partial charge in [0, 0.05) is 23.5 Å². The zero-order valence-corrected chi connectivity index (χ0v) is 13.8. The third kappa shape index (κ3) is 4.12. The molecule has 0 amide bonds. The van der Waals surface area contributed by atoms with Crippen LogP contribution in [-0.4, -0.2) is 35.6 Å². The molecular formula is C18H21NO3S. The Balaban J connectivity index is 1.64. The van der Waals surface area contributed by atoms with Crippen molar-refractivity contribution in [1.29, 1.82) is 0 Å². The van der Waals surface area contributed by atoms with Crippen molar-refractivity contribution in [2.24, 2.45) is 5.92 Å². The Morgan fingerprint density at radius 2 is 2.35 bits per heavy atom. The Bertz CT molecular complexity index is 610. The van der Waals surface area contributed by atoms with E-state index in [-0.39, 0.29) is 5.92 Å². The van der Waals surface area contributed by atoms with E-state index in [1.54, 1.807) is 17.6 Å². The third-order valence-electron chi connectivity index (χ3n) is 4.22. The van der Waals surface area contributed by atoms with E-state index in [9.17, 15) is 9.90 Å². The second-order valence-electron chi connectivity index (χ2n) is 5.84. The summed E-state index contributed by atoms with van der Waals surface area (Å²) in [6.07, 6.45) is 6.55. The number of hydrogen-bond donors (Lipinski definition) is 1. The molecule has 3 heterocycles. The van der Waals surface area contributed by atoms with Gasteiger partial charge in [0.25, 0.3) is 0 Å². The van der Waals surface area contributed by atoms with E-state index in [1.165, 1.54) is 4.88 Å². The first-order chi connectivity index (χ1) is 11.2. The summed E-state index contributed by atoms with van der Waals surface area (Å²) in [7, 11) is 0. The van der Waals surface area contributed by atoms with Crippen molar-refractivity contribution in [3.8, 4) is 0 Å². The number of thiophene rings is 1. The second-order valence-corrected chi connectivity index (χ2v) is 6.79. The van der Waals surface area contributed by atoms with Gasteiger partial charge in [0.1, 0.15) is 5.76 Å². The number of nitrogens with zero attached hydrogens (tertiary/aromatic N) is 1. The van der Waals surface area contributed by atoms with E-state index in [1.807, 2.05) is 18.2 Å². The lowest BCUT2D eigenvalue weighted by molar-refractivity contribution is -0.143. The van der Waals surface area contributed by atoms with Crippen LogP contribution >= 0.6 is 11.3 Å². The van der Waals surface area contributed by atoms with E-state index < -0.39 is 5.97 Å². The molecule has 0 aliphatic carbocycles. The smallest absolute Gasteiger partial charge is 0.307 e. The Morgan fingerprint density at radius 1 is 1.43 bits per heavy atom. The molecule has 1 saturated heterocycles. The van der Waals surface area contributed by atoms with Crippen LogP contribution in [0.25, 0.3) is 5.57 Å². The fourth-order valence-corrected chi connectivity index (χ4v) is 3.81. The molecule has 5 heteroatoms. The van der Waals surface area contributed by atoms with Gasteiger partial charge in [-0.3, -0.25) is 4.79 Å². The number of carbonyl (C=O) groups is 1. The van der Waals surface area contributed by atoms with Gasteiger partial charge in [0.05, 0.1) is 12.2 Å². The lowest BCUT2D eigenvalue weighted by Crippen LogP contribution is -2.39. The number of hydrogen-bond acceptors (Lipinski definition) is 4. The molecule has 2 aromatic rings. The average molecular weight is 331 g/mol. The topological polar surface area (TPSA) is 53.7 Å². The quantitative estimate of drug-likeness (QED) is 0.870. The van der Waals surface area contributed by atoms with Gasteiger partial charge in [0.2, 0.25) is 0 Å². The number of piperidine rings is 1. The first-order valence-electron chi connectivity index (χ1n) is 7.97. The predicted octanol–water partition coefficient (Wildman–Crippen LogP) is 3.96. The highest BCUT2D eigenvalue weighted by Gasteiger charge is 2.24. The van der Waals surface area contributed by atoms with Crippen LogP contribution in [0.15, 0.2) is 46.4 Å². The Hall–Kier alpha value is -1.85. The third-order valence-corrected chi connectivity index (χ3v) is 5.12. The Kier molecular flexibility index (Phi) is 5.31. The fourth-order valence-electron chi connectivity index (χ4n) is 3.04. The average Bonchev–Trinajstić information content (AvgIpc) is 3.25. The van der Waals surface area contributed by atoms with Crippen LogP contribution in [0.3, 0.4) is 0 Å². The normalized spacial score (nSPS) is 19.8. The van der Waals surface area contributed by atoms with Crippen molar-refractivity contribution in [2.45, 2.75) is 19.3 Å². The molecular weight excluding hydrogens is 310 g/mol. The zero-order valence-electron chi connectivity index (χ0n) is 13.0. The molecule has 3 rings (SSSR count). The van der Waals surface area contributed by atoms with Gasteiger partial charge in [0.15, 0.2) is 0 Å². The largest absolute Gasteiger partial charge is 0.481 e. The molecule has 23 heavy (non-hydrogen) atoms. The number of carboxylic acid groups (broad SMARTS) is 1. The highest BCUT2D eigenvalue weighted by atomic mass is 32.1. The van der Waals surface area contributed by atoms with Gasteiger partial charge in [-0.2, -0.15) is 0 Å². The zero-order chi connectivity index (χ0) is 16.1. The molecule has 1 unspecified atom stereocenters. The van der Waals surface area contributed by atoms with Gasteiger partial charge in [-0.05, 0) is 49.4 Å². The van der Waals surface area contributed by atoms with E-state index in [0.717, 1.165) is 43.7 Å². The lowest BCUT2D eigenvalue weighted by atomic mass is 9.98. The van der Waals surface area contributed by atoms with Crippen molar-refractivity contribution < 1.29 is 14.3 Å². The minimum atomic E-state index is -0.667. The molecule has 0 radical (unpaired) electrons. The molecule has 1 aliphatic rings. The summed E-state index contributed by atoms with van der Waals surface area (Å²) in [6, 6.07) is 8.02. The van der Waals surface area contributed by atoms with E-state index >= 15 is 0 Å². The van der Waals surface area contributed by atoms with Crippen LogP contribution in [0.4, 0.5) is 0 Å². The molecule has 1 aliphatic heterocycles. The van der Waals surface area contributed by atoms with E-state index in [0.29, 0.717) is 6.54 Å². The van der Waals surface area contributed by atoms with Crippen molar-refractivity contribution >= 4 is 22.9 Å². The molecule has 122 valence electrons. The number of likely N-dealkylation sites (tertiary alicyclic amines) is 1. The minimum Gasteiger partial charge on any atom is -0.481 e. The summed E-state index contributed by atoms with van der Waals surface area (Å²) < 4.78 is 5.56. The Labute approximate surface area is 140 Å². The highest BCUT2D eigenvalue weighted by molar-refractivity contribution is 7.11. The molecule has 2 aromatic heterocycles. The highest BCUT2D eigenvalue weighted by Crippen LogP contribution is 2.28. The van der Waals surface area contributed by atoms with Gasteiger partial charge in [-0.15, -0.1) is 11.3 Å². The van der Waals surface area contributed by atoms with Gasteiger partial charge in [-0.1, -0.05) is 12.1 Å². The maximum absolute atomic E-state index is 11.1. The summed E-state index contributed by atoms with van der Waals surface area (Å²) in [5.41, 5.74) is 1.12. The van der Waals surface area contributed by atoms with Crippen LogP contribution in [0.5, 0.6) is 0 Å². The molecule has 0 saturated carbocycles. The first kappa shape index (κ1) is 16.0. The lowest BCUT2D eigenvalue weighted by Gasteiger charge is -2.30. The molecule has 0 spiro atoms. The fraction of sp³-hybridized carbons (Fsp3) is 0.389. The molecule has 0 bridgehead atoms. The van der Waals surface area contributed by atoms with E-state index in [2.05, 4.69) is 22.4 Å². The molecule has 1 fully saturated rings. The maximum atomic E-state index is 11.1. The number of rotatable bonds is 6. The Morgan fingerprint density at radius 3 is 3.04 bits per heavy atom. The van der Waals surface area contributed by atoms with Gasteiger partial charge < -0.3 is 14.4 Å². The van der Waals surface area contributed by atoms with Crippen LogP contribution in [-0.2, 0) is 4.79 Å². The van der Waals surface area contributed by atoms with Crippen LogP contribution < -0.4 is 0 Å². The first-order valence-corrected chi connectivity index (χ1v) is 8.85. The molecule has 1 atom stereocenters. The number of furan rings is 1. The van der Waals surface area contributed by atoms with Gasteiger partial charge >= 0.3 is 5.97 Å². The number of carboxylic acids is 1. The summed E-state index contributed by atoms with van der Waals surface area (Å²) in [5, 5.41) is 11.2. The number of aliphatic carboxylic acids is 1. The summed E-state index contributed by atoms with van der Waals surface area (Å²) in [6.45, 7) is 2.55. The minimum absolute atomic E-state index is 0.213. The van der Waals surface area contributed by atoms with Crippen molar-refractivity contribution in [2.75, 3.05) is 19.6 Å². The molecule has 1 N–H and O–H groups in total. The predicted molar refractivity (Wildman–Crippen MR) is 91.5 cm³/mol. The second kappa shape index (κ2) is 7.62.